The van der Waals surface area contributed by atoms with Crippen molar-refractivity contribution in [2.45, 2.75) is 32.2 Å². The third-order valence-corrected chi connectivity index (χ3v) is 4.41. The number of aromatic nitrogens is 1. The van der Waals surface area contributed by atoms with Crippen molar-refractivity contribution in [1.82, 2.24) is 9.88 Å². The van der Waals surface area contributed by atoms with Crippen LogP contribution < -0.4 is 0 Å². The molecule has 4 heteroatoms. The SMILES string of the molecule is Cc1ccc(CC(=O)N2CCCC2c2ccc(Cl)cc2)cn1. The summed E-state index contributed by atoms with van der Waals surface area (Å²) >= 11 is 5.95. The molecule has 1 aromatic carbocycles. The molecule has 1 saturated heterocycles. The Morgan fingerprint density at radius 1 is 1.27 bits per heavy atom. The highest BCUT2D eigenvalue weighted by Gasteiger charge is 2.29. The zero-order valence-electron chi connectivity index (χ0n) is 12.6. The van der Waals surface area contributed by atoms with Gasteiger partial charge in [0, 0.05) is 23.5 Å². The highest BCUT2D eigenvalue weighted by atomic mass is 35.5. The van der Waals surface area contributed by atoms with Gasteiger partial charge in [-0.15, -0.1) is 0 Å². The van der Waals surface area contributed by atoms with E-state index in [-0.39, 0.29) is 11.9 Å². The number of nitrogens with zero attached hydrogens (tertiary/aromatic N) is 2. The van der Waals surface area contributed by atoms with E-state index in [1.165, 1.54) is 0 Å². The number of amides is 1. The van der Waals surface area contributed by atoms with Crippen LogP contribution in [0.5, 0.6) is 0 Å². The van der Waals surface area contributed by atoms with Crippen molar-refractivity contribution in [2.24, 2.45) is 0 Å². The number of likely N-dealkylation sites (tertiary alicyclic amines) is 1. The summed E-state index contributed by atoms with van der Waals surface area (Å²) in [5.74, 6) is 0.170. The molecule has 0 spiro atoms. The first-order chi connectivity index (χ1) is 10.6. The molecule has 22 heavy (non-hydrogen) atoms. The minimum atomic E-state index is 0.170. The number of rotatable bonds is 3. The average Bonchev–Trinajstić information content (AvgIpc) is 3.00. The summed E-state index contributed by atoms with van der Waals surface area (Å²) in [5.41, 5.74) is 3.10. The first kappa shape index (κ1) is 15.0. The molecule has 1 aliphatic heterocycles. The molecule has 1 amide bonds. The first-order valence-electron chi connectivity index (χ1n) is 7.60. The fourth-order valence-corrected chi connectivity index (χ4v) is 3.10. The second kappa shape index (κ2) is 6.49. The molecule has 0 saturated carbocycles. The monoisotopic (exact) mass is 314 g/mol. The fraction of sp³-hybridized carbons (Fsp3) is 0.333. The van der Waals surface area contributed by atoms with Crippen molar-refractivity contribution in [3.8, 4) is 0 Å². The number of carbonyl (C=O) groups excluding carboxylic acids is 1. The van der Waals surface area contributed by atoms with Gasteiger partial charge in [0.05, 0.1) is 12.5 Å². The Labute approximate surface area is 135 Å². The molecule has 1 aliphatic rings. The molecule has 1 unspecified atom stereocenters. The van der Waals surface area contributed by atoms with Crippen LogP contribution in [-0.2, 0) is 11.2 Å². The lowest BCUT2D eigenvalue weighted by Gasteiger charge is -2.25. The molecule has 0 N–H and O–H groups in total. The summed E-state index contributed by atoms with van der Waals surface area (Å²) < 4.78 is 0. The molecule has 1 fully saturated rings. The lowest BCUT2D eigenvalue weighted by atomic mass is 10.0. The Morgan fingerprint density at radius 2 is 2.05 bits per heavy atom. The van der Waals surface area contributed by atoms with Gasteiger partial charge in [0.1, 0.15) is 0 Å². The molecule has 114 valence electrons. The van der Waals surface area contributed by atoms with Gasteiger partial charge in [-0.05, 0) is 49.1 Å². The number of benzene rings is 1. The Morgan fingerprint density at radius 3 is 2.73 bits per heavy atom. The maximum absolute atomic E-state index is 12.6. The zero-order chi connectivity index (χ0) is 15.5. The second-order valence-corrected chi connectivity index (χ2v) is 6.22. The van der Waals surface area contributed by atoms with Gasteiger partial charge in [-0.3, -0.25) is 9.78 Å². The number of carbonyl (C=O) groups is 1. The molecule has 1 aromatic heterocycles. The molecule has 0 radical (unpaired) electrons. The quantitative estimate of drug-likeness (QED) is 0.859. The van der Waals surface area contributed by atoms with Gasteiger partial charge >= 0.3 is 0 Å². The number of aryl methyl sites for hydroxylation is 1. The summed E-state index contributed by atoms with van der Waals surface area (Å²) in [6.07, 6.45) is 4.27. The summed E-state index contributed by atoms with van der Waals surface area (Å²) in [6.45, 7) is 2.77. The number of halogens is 1. The Hall–Kier alpha value is -1.87. The summed E-state index contributed by atoms with van der Waals surface area (Å²) in [6, 6.07) is 11.9. The summed E-state index contributed by atoms with van der Waals surface area (Å²) in [4.78, 5) is 18.9. The van der Waals surface area contributed by atoms with Crippen molar-refractivity contribution in [3.05, 3.63) is 64.4 Å². The number of hydrogen-bond acceptors (Lipinski definition) is 2. The minimum absolute atomic E-state index is 0.170. The van der Waals surface area contributed by atoms with E-state index in [1.54, 1.807) is 6.20 Å². The number of hydrogen-bond donors (Lipinski definition) is 0. The zero-order valence-corrected chi connectivity index (χ0v) is 13.4. The lowest BCUT2D eigenvalue weighted by molar-refractivity contribution is -0.131. The third kappa shape index (κ3) is 3.30. The maximum Gasteiger partial charge on any atom is 0.227 e. The van der Waals surface area contributed by atoms with Gasteiger partial charge in [-0.1, -0.05) is 29.8 Å². The molecule has 2 heterocycles. The normalized spacial score (nSPS) is 17.7. The smallest absolute Gasteiger partial charge is 0.227 e. The maximum atomic E-state index is 12.6. The molecule has 1 atom stereocenters. The molecular formula is C18H19ClN2O. The third-order valence-electron chi connectivity index (χ3n) is 4.16. The molecular weight excluding hydrogens is 296 g/mol. The van der Waals surface area contributed by atoms with E-state index in [0.717, 1.165) is 41.2 Å². The average molecular weight is 315 g/mol. The summed E-state index contributed by atoms with van der Waals surface area (Å²) in [7, 11) is 0. The predicted molar refractivity (Wildman–Crippen MR) is 87.8 cm³/mol. The second-order valence-electron chi connectivity index (χ2n) is 5.78. The van der Waals surface area contributed by atoms with Gasteiger partial charge in [0.15, 0.2) is 0 Å². The summed E-state index contributed by atoms with van der Waals surface area (Å²) in [5, 5.41) is 0.727. The van der Waals surface area contributed by atoms with E-state index >= 15 is 0 Å². The Balaban J connectivity index is 1.73. The largest absolute Gasteiger partial charge is 0.335 e. The van der Waals surface area contributed by atoms with Crippen LogP contribution in [0.15, 0.2) is 42.6 Å². The van der Waals surface area contributed by atoms with E-state index in [9.17, 15) is 4.79 Å². The van der Waals surface area contributed by atoms with Crippen LogP contribution in [0, 0.1) is 6.92 Å². The molecule has 3 rings (SSSR count). The lowest BCUT2D eigenvalue weighted by Crippen LogP contribution is -2.31. The van der Waals surface area contributed by atoms with Crippen LogP contribution in [0.2, 0.25) is 5.02 Å². The highest BCUT2D eigenvalue weighted by Crippen LogP contribution is 2.32. The van der Waals surface area contributed by atoms with Crippen molar-refractivity contribution >= 4 is 17.5 Å². The van der Waals surface area contributed by atoms with Crippen LogP contribution >= 0.6 is 11.6 Å². The van der Waals surface area contributed by atoms with Crippen molar-refractivity contribution in [3.63, 3.8) is 0 Å². The van der Waals surface area contributed by atoms with E-state index < -0.39 is 0 Å². The van der Waals surface area contributed by atoms with Gasteiger partial charge in [-0.2, -0.15) is 0 Å². The standard InChI is InChI=1S/C18H19ClN2O/c1-13-4-5-14(12-20-13)11-18(22)21-10-2-3-17(21)15-6-8-16(19)9-7-15/h4-9,12,17H,2-3,10-11H2,1H3. The van der Waals surface area contributed by atoms with Gasteiger partial charge in [0.25, 0.3) is 0 Å². The van der Waals surface area contributed by atoms with E-state index in [0.29, 0.717) is 6.42 Å². The van der Waals surface area contributed by atoms with Crippen LogP contribution in [0.1, 0.15) is 35.7 Å². The van der Waals surface area contributed by atoms with E-state index in [1.807, 2.05) is 48.2 Å². The van der Waals surface area contributed by atoms with Crippen LogP contribution in [-0.4, -0.2) is 22.3 Å². The van der Waals surface area contributed by atoms with Gasteiger partial charge < -0.3 is 4.90 Å². The Bertz CT molecular complexity index is 652. The molecule has 3 nitrogen and oxygen atoms in total. The highest BCUT2D eigenvalue weighted by molar-refractivity contribution is 6.30. The van der Waals surface area contributed by atoms with Crippen molar-refractivity contribution in [2.75, 3.05) is 6.54 Å². The molecule has 2 aromatic rings. The van der Waals surface area contributed by atoms with E-state index in [2.05, 4.69) is 4.98 Å². The minimum Gasteiger partial charge on any atom is -0.335 e. The van der Waals surface area contributed by atoms with Gasteiger partial charge in [-0.25, -0.2) is 0 Å². The van der Waals surface area contributed by atoms with Gasteiger partial charge in [0.2, 0.25) is 5.91 Å². The van der Waals surface area contributed by atoms with Crippen molar-refractivity contribution < 1.29 is 4.79 Å². The number of pyridine rings is 1. The Kier molecular flexibility index (Phi) is 4.44. The van der Waals surface area contributed by atoms with E-state index in [4.69, 9.17) is 11.6 Å². The molecule has 0 aliphatic carbocycles. The van der Waals surface area contributed by atoms with Crippen molar-refractivity contribution in [1.29, 1.82) is 0 Å². The van der Waals surface area contributed by atoms with Crippen LogP contribution in [0.4, 0.5) is 0 Å². The fourth-order valence-electron chi connectivity index (χ4n) is 2.98. The van der Waals surface area contributed by atoms with Crippen LogP contribution in [0.25, 0.3) is 0 Å². The van der Waals surface area contributed by atoms with Crippen LogP contribution in [0.3, 0.4) is 0 Å². The predicted octanol–water partition coefficient (Wildman–Crippen LogP) is 3.95. The molecule has 0 bridgehead atoms. The topological polar surface area (TPSA) is 33.2 Å². The first-order valence-corrected chi connectivity index (χ1v) is 7.98.